The minimum atomic E-state index is 0.156. The van der Waals surface area contributed by atoms with Crippen molar-refractivity contribution in [1.29, 1.82) is 0 Å². The van der Waals surface area contributed by atoms with Crippen LogP contribution < -0.4 is 5.32 Å². The maximum Gasteiger partial charge on any atom is 0.0512 e. The van der Waals surface area contributed by atoms with Gasteiger partial charge in [-0.3, -0.25) is 0 Å². The van der Waals surface area contributed by atoms with Gasteiger partial charge in [-0.05, 0) is 57.9 Å². The van der Waals surface area contributed by atoms with Gasteiger partial charge in [-0.1, -0.05) is 13.8 Å². The molecule has 0 saturated heterocycles. The summed E-state index contributed by atoms with van der Waals surface area (Å²) in [5, 5.41) is 5.94. The summed E-state index contributed by atoms with van der Waals surface area (Å²) in [5.41, 5.74) is 1.58. The monoisotopic (exact) mass is 254 g/mol. The highest BCUT2D eigenvalue weighted by Gasteiger charge is 2.35. The molecule has 0 saturated carbocycles. The van der Waals surface area contributed by atoms with Gasteiger partial charge in [0.1, 0.15) is 0 Å². The zero-order valence-corrected chi connectivity index (χ0v) is 12.8. The molecule has 0 amide bonds. The molecule has 1 rings (SSSR count). The zero-order valence-electron chi connectivity index (χ0n) is 12.0. The second kappa shape index (κ2) is 5.98. The Bertz CT molecular complexity index is 346. The molecule has 1 N–H and O–H groups in total. The van der Waals surface area contributed by atoms with Gasteiger partial charge in [0.2, 0.25) is 0 Å². The number of hydrogen-bond donors (Lipinski definition) is 1. The molecule has 2 unspecified atom stereocenters. The average Bonchev–Trinajstić information content (AvgIpc) is 2.71. The largest absolute Gasteiger partial charge is 0.309 e. The first-order valence-electron chi connectivity index (χ1n) is 6.41. The minimum absolute atomic E-state index is 0.156. The Balaban J connectivity index is 3.07. The van der Waals surface area contributed by atoms with Gasteiger partial charge in [-0.15, -0.1) is 11.3 Å². The van der Waals surface area contributed by atoms with E-state index in [0.717, 1.165) is 13.0 Å². The molecule has 1 aromatic rings. The topological polar surface area (TPSA) is 15.3 Å². The van der Waals surface area contributed by atoms with Gasteiger partial charge in [0.15, 0.2) is 0 Å². The minimum Gasteiger partial charge on any atom is -0.309 e. The van der Waals surface area contributed by atoms with Gasteiger partial charge in [0.05, 0.1) is 6.04 Å². The highest BCUT2D eigenvalue weighted by molar-refractivity contribution is 7.10. The van der Waals surface area contributed by atoms with E-state index in [-0.39, 0.29) is 5.54 Å². The van der Waals surface area contributed by atoms with Crippen LogP contribution in [0.5, 0.6) is 0 Å². The van der Waals surface area contributed by atoms with E-state index in [1.54, 1.807) is 0 Å². The molecule has 3 heteroatoms. The number of nitrogens with zero attached hydrogens (tertiary/aromatic N) is 1. The van der Waals surface area contributed by atoms with Gasteiger partial charge in [-0.2, -0.15) is 0 Å². The van der Waals surface area contributed by atoms with E-state index < -0.39 is 0 Å². The number of hydrogen-bond acceptors (Lipinski definition) is 3. The van der Waals surface area contributed by atoms with E-state index in [4.69, 9.17) is 0 Å². The fourth-order valence-corrected chi connectivity index (χ4v) is 3.02. The normalized spacial score (nSPS) is 17.1. The first kappa shape index (κ1) is 14.7. The number of aryl methyl sites for hydroxylation is 1. The summed E-state index contributed by atoms with van der Waals surface area (Å²) in [7, 11) is 4.35. The molecule has 0 aromatic carbocycles. The van der Waals surface area contributed by atoms with Gasteiger partial charge in [-0.25, -0.2) is 0 Å². The molecule has 98 valence electrons. The summed E-state index contributed by atoms with van der Waals surface area (Å²) >= 11 is 1.84. The van der Waals surface area contributed by atoms with Crippen molar-refractivity contribution in [2.75, 3.05) is 20.6 Å². The first-order valence-corrected chi connectivity index (χ1v) is 7.29. The standard InChI is InChI=1S/C14H26N2S/c1-7-14(4,16(5)6)13(15-8-2)12-9-11(3)17-10-12/h9-10,13,15H,7-8H2,1-6H3. The molecule has 0 spiro atoms. The Kier molecular flexibility index (Phi) is 5.17. The molecule has 0 aliphatic rings. The summed E-state index contributed by atoms with van der Waals surface area (Å²) < 4.78 is 0. The van der Waals surface area contributed by atoms with Crippen LogP contribution in [0.4, 0.5) is 0 Å². The lowest BCUT2D eigenvalue weighted by molar-refractivity contribution is 0.114. The number of rotatable bonds is 6. The van der Waals surface area contributed by atoms with E-state index >= 15 is 0 Å². The Morgan fingerprint density at radius 3 is 2.41 bits per heavy atom. The van der Waals surface area contributed by atoms with Crippen molar-refractivity contribution in [2.45, 2.75) is 45.7 Å². The summed E-state index contributed by atoms with van der Waals surface area (Å²) in [5.74, 6) is 0. The van der Waals surface area contributed by atoms with Crippen molar-refractivity contribution in [2.24, 2.45) is 0 Å². The third-order valence-electron chi connectivity index (χ3n) is 3.85. The van der Waals surface area contributed by atoms with Gasteiger partial charge in [0, 0.05) is 10.4 Å². The molecule has 0 aliphatic heterocycles. The Morgan fingerprint density at radius 2 is 2.06 bits per heavy atom. The van der Waals surface area contributed by atoms with Crippen molar-refractivity contribution in [1.82, 2.24) is 10.2 Å². The molecule has 0 fully saturated rings. The molecule has 17 heavy (non-hydrogen) atoms. The van der Waals surface area contributed by atoms with Crippen LogP contribution in [-0.2, 0) is 0 Å². The summed E-state index contributed by atoms with van der Waals surface area (Å²) in [6.45, 7) is 9.97. The SMILES string of the molecule is CCNC(c1csc(C)c1)C(C)(CC)N(C)C. The van der Waals surface area contributed by atoms with Gasteiger partial charge < -0.3 is 10.2 Å². The van der Waals surface area contributed by atoms with E-state index in [2.05, 4.69) is 63.5 Å². The molecule has 1 heterocycles. The Hall–Kier alpha value is -0.380. The summed E-state index contributed by atoms with van der Waals surface area (Å²) in [6, 6.07) is 2.72. The van der Waals surface area contributed by atoms with Crippen LogP contribution in [0.2, 0.25) is 0 Å². The van der Waals surface area contributed by atoms with E-state index in [1.165, 1.54) is 10.4 Å². The molecule has 0 radical (unpaired) electrons. The van der Waals surface area contributed by atoms with Crippen LogP contribution in [0.15, 0.2) is 11.4 Å². The predicted octanol–water partition coefficient (Wildman–Crippen LogP) is 3.44. The molecular formula is C14H26N2S. The van der Waals surface area contributed by atoms with Crippen LogP contribution in [0.3, 0.4) is 0 Å². The maximum absolute atomic E-state index is 3.65. The highest BCUT2D eigenvalue weighted by atomic mass is 32.1. The van der Waals surface area contributed by atoms with Gasteiger partial charge >= 0.3 is 0 Å². The quantitative estimate of drug-likeness (QED) is 0.836. The van der Waals surface area contributed by atoms with Crippen molar-refractivity contribution >= 4 is 11.3 Å². The fourth-order valence-electron chi connectivity index (χ4n) is 2.29. The smallest absolute Gasteiger partial charge is 0.0512 e. The second-order valence-electron chi connectivity index (χ2n) is 5.09. The fraction of sp³-hybridized carbons (Fsp3) is 0.714. The van der Waals surface area contributed by atoms with Crippen LogP contribution in [0.25, 0.3) is 0 Å². The van der Waals surface area contributed by atoms with Crippen molar-refractivity contribution in [3.05, 3.63) is 21.9 Å². The molecule has 0 aliphatic carbocycles. The first-order chi connectivity index (χ1) is 7.95. The number of thiophene rings is 1. The lowest BCUT2D eigenvalue weighted by Gasteiger charge is -2.43. The van der Waals surface area contributed by atoms with E-state index in [0.29, 0.717) is 6.04 Å². The molecule has 1 aromatic heterocycles. The number of nitrogens with one attached hydrogen (secondary N) is 1. The lowest BCUT2D eigenvalue weighted by atomic mass is 9.84. The Morgan fingerprint density at radius 1 is 1.41 bits per heavy atom. The van der Waals surface area contributed by atoms with Crippen molar-refractivity contribution in [3.63, 3.8) is 0 Å². The molecule has 0 bridgehead atoms. The molecular weight excluding hydrogens is 228 g/mol. The third kappa shape index (κ3) is 3.09. The van der Waals surface area contributed by atoms with Crippen molar-refractivity contribution in [3.8, 4) is 0 Å². The number of likely N-dealkylation sites (N-methyl/N-ethyl adjacent to an activating group) is 2. The zero-order chi connectivity index (χ0) is 13.1. The summed E-state index contributed by atoms with van der Waals surface area (Å²) in [4.78, 5) is 3.73. The predicted molar refractivity (Wildman–Crippen MR) is 77.9 cm³/mol. The van der Waals surface area contributed by atoms with E-state index in [1.807, 2.05) is 11.3 Å². The maximum atomic E-state index is 3.65. The van der Waals surface area contributed by atoms with Gasteiger partial charge in [0.25, 0.3) is 0 Å². The Labute approximate surface area is 110 Å². The third-order valence-corrected chi connectivity index (χ3v) is 4.73. The molecule has 2 nitrogen and oxygen atoms in total. The van der Waals surface area contributed by atoms with Crippen LogP contribution in [0, 0.1) is 6.92 Å². The molecule has 2 atom stereocenters. The van der Waals surface area contributed by atoms with Crippen LogP contribution >= 0.6 is 11.3 Å². The summed E-state index contributed by atoms with van der Waals surface area (Å²) in [6.07, 6.45) is 1.13. The van der Waals surface area contributed by atoms with Crippen LogP contribution in [-0.4, -0.2) is 31.1 Å². The second-order valence-corrected chi connectivity index (χ2v) is 6.20. The highest BCUT2D eigenvalue weighted by Crippen LogP contribution is 2.34. The van der Waals surface area contributed by atoms with Crippen LogP contribution in [0.1, 0.15) is 43.7 Å². The average molecular weight is 254 g/mol. The lowest BCUT2D eigenvalue weighted by Crippen LogP contribution is -2.51. The van der Waals surface area contributed by atoms with E-state index in [9.17, 15) is 0 Å². The van der Waals surface area contributed by atoms with Crippen molar-refractivity contribution < 1.29 is 0 Å².